The number of carbonyl (C=O) groups excluding carboxylic acids is 1. The molecule has 0 saturated heterocycles. The summed E-state index contributed by atoms with van der Waals surface area (Å²) in [5.41, 5.74) is 0. The quantitative estimate of drug-likeness (QED) is 0.767. The number of rotatable bonds is 5. The Morgan fingerprint density at radius 2 is 1.81 bits per heavy atom. The van der Waals surface area contributed by atoms with Crippen LogP contribution in [0.15, 0.2) is 0 Å². The van der Waals surface area contributed by atoms with E-state index < -0.39 is 30.5 Å². The Morgan fingerprint density at radius 1 is 1.31 bits per heavy atom. The first-order valence-corrected chi connectivity index (χ1v) is 4.72. The van der Waals surface area contributed by atoms with Crippen molar-refractivity contribution < 1.29 is 27.9 Å². The Hall–Kier alpha value is -1.27. The number of halogens is 3. The van der Waals surface area contributed by atoms with E-state index in [-0.39, 0.29) is 12.3 Å². The molecule has 0 aliphatic heterocycles. The maximum absolute atomic E-state index is 11.9. The second-order valence-electron chi connectivity index (χ2n) is 3.90. The van der Waals surface area contributed by atoms with Crippen LogP contribution in [0, 0.1) is 5.92 Å². The molecule has 0 aliphatic carbocycles. The van der Waals surface area contributed by atoms with Gasteiger partial charge < -0.3 is 10.4 Å². The van der Waals surface area contributed by atoms with Crippen molar-refractivity contribution in [3.63, 3.8) is 0 Å². The van der Waals surface area contributed by atoms with Gasteiger partial charge in [-0.15, -0.1) is 0 Å². The van der Waals surface area contributed by atoms with E-state index in [9.17, 15) is 22.8 Å². The summed E-state index contributed by atoms with van der Waals surface area (Å²) >= 11 is 0. The minimum absolute atomic E-state index is 0.00196. The Labute approximate surface area is 90.8 Å². The average molecular weight is 241 g/mol. The average Bonchev–Trinajstić information content (AvgIpc) is 1.98. The van der Waals surface area contributed by atoms with E-state index in [2.05, 4.69) is 0 Å². The molecule has 0 heterocycles. The third kappa shape index (κ3) is 6.26. The number of amides is 1. The summed E-state index contributed by atoms with van der Waals surface area (Å²) < 4.78 is 35.8. The number of alkyl halides is 3. The van der Waals surface area contributed by atoms with E-state index in [1.165, 1.54) is 0 Å². The molecular formula is C9H14F3NO3. The van der Waals surface area contributed by atoms with Crippen LogP contribution < -0.4 is 5.32 Å². The van der Waals surface area contributed by atoms with E-state index in [1.54, 1.807) is 19.2 Å². The van der Waals surface area contributed by atoms with Crippen LogP contribution in [0.3, 0.4) is 0 Å². The van der Waals surface area contributed by atoms with E-state index >= 15 is 0 Å². The molecule has 1 unspecified atom stereocenters. The molecule has 0 saturated carbocycles. The van der Waals surface area contributed by atoms with E-state index in [0.29, 0.717) is 0 Å². The molecule has 0 aliphatic rings. The molecular weight excluding hydrogens is 227 g/mol. The molecule has 0 radical (unpaired) electrons. The van der Waals surface area contributed by atoms with Crippen molar-refractivity contribution in [1.82, 2.24) is 5.32 Å². The second-order valence-corrected chi connectivity index (χ2v) is 3.90. The monoisotopic (exact) mass is 241 g/mol. The maximum Gasteiger partial charge on any atom is 0.471 e. The molecule has 0 aromatic rings. The molecule has 7 heteroatoms. The summed E-state index contributed by atoms with van der Waals surface area (Å²) in [7, 11) is 0. The Bertz CT molecular complexity index is 263. The first-order chi connectivity index (χ1) is 7.12. The summed E-state index contributed by atoms with van der Waals surface area (Å²) in [4.78, 5) is 21.0. The van der Waals surface area contributed by atoms with E-state index in [1.807, 2.05) is 0 Å². The molecule has 1 amide bonds. The standard InChI is InChI=1S/C9H14F3NO3/c1-5(2)3-6(4-7(14)15)13-8(16)9(10,11)12/h5-6H,3-4H2,1-2H3,(H,13,16)(H,14,15). The van der Waals surface area contributed by atoms with Gasteiger partial charge in [0.25, 0.3) is 0 Å². The molecule has 0 rings (SSSR count). The van der Waals surface area contributed by atoms with Gasteiger partial charge in [-0.2, -0.15) is 13.2 Å². The molecule has 0 aromatic carbocycles. The molecule has 0 spiro atoms. The van der Waals surface area contributed by atoms with Crippen molar-refractivity contribution >= 4 is 11.9 Å². The number of aliphatic carboxylic acids is 1. The van der Waals surface area contributed by atoms with Crippen LogP contribution in [-0.4, -0.2) is 29.2 Å². The summed E-state index contributed by atoms with van der Waals surface area (Å²) in [5, 5.41) is 10.2. The topological polar surface area (TPSA) is 66.4 Å². The Morgan fingerprint density at radius 3 is 2.12 bits per heavy atom. The number of hydrogen-bond donors (Lipinski definition) is 2. The van der Waals surface area contributed by atoms with Gasteiger partial charge >= 0.3 is 18.1 Å². The fourth-order valence-corrected chi connectivity index (χ4v) is 1.24. The Balaban J connectivity index is 4.42. The fraction of sp³-hybridized carbons (Fsp3) is 0.778. The first-order valence-electron chi connectivity index (χ1n) is 4.72. The third-order valence-corrected chi connectivity index (χ3v) is 1.77. The molecule has 94 valence electrons. The van der Waals surface area contributed by atoms with Gasteiger partial charge in [-0.3, -0.25) is 9.59 Å². The maximum atomic E-state index is 11.9. The minimum atomic E-state index is -4.98. The van der Waals surface area contributed by atoms with Gasteiger partial charge in [0.05, 0.1) is 6.42 Å². The van der Waals surface area contributed by atoms with Crippen LogP contribution in [0.1, 0.15) is 26.7 Å². The lowest BCUT2D eigenvalue weighted by Gasteiger charge is -2.19. The predicted octanol–water partition coefficient (Wildman–Crippen LogP) is 1.55. The van der Waals surface area contributed by atoms with Crippen molar-refractivity contribution in [1.29, 1.82) is 0 Å². The van der Waals surface area contributed by atoms with Crippen molar-refractivity contribution in [2.75, 3.05) is 0 Å². The summed E-state index contributed by atoms with van der Waals surface area (Å²) in [6.45, 7) is 3.46. The molecule has 2 N–H and O–H groups in total. The zero-order valence-electron chi connectivity index (χ0n) is 8.97. The molecule has 0 fully saturated rings. The van der Waals surface area contributed by atoms with Gasteiger partial charge in [0.1, 0.15) is 0 Å². The van der Waals surface area contributed by atoms with Crippen LogP contribution in [0.2, 0.25) is 0 Å². The van der Waals surface area contributed by atoms with Gasteiger partial charge in [0.15, 0.2) is 0 Å². The zero-order chi connectivity index (χ0) is 12.9. The van der Waals surface area contributed by atoms with Gasteiger partial charge in [-0.1, -0.05) is 13.8 Å². The normalized spacial score (nSPS) is 13.6. The molecule has 16 heavy (non-hydrogen) atoms. The third-order valence-electron chi connectivity index (χ3n) is 1.77. The second kappa shape index (κ2) is 5.72. The number of carboxylic acids is 1. The summed E-state index contributed by atoms with van der Waals surface area (Å²) in [6, 6.07) is -0.994. The highest BCUT2D eigenvalue weighted by Gasteiger charge is 2.39. The van der Waals surface area contributed by atoms with Crippen molar-refractivity contribution in [3.8, 4) is 0 Å². The van der Waals surface area contributed by atoms with E-state index in [4.69, 9.17) is 5.11 Å². The fourth-order valence-electron chi connectivity index (χ4n) is 1.24. The largest absolute Gasteiger partial charge is 0.481 e. The predicted molar refractivity (Wildman–Crippen MR) is 49.7 cm³/mol. The van der Waals surface area contributed by atoms with Crippen molar-refractivity contribution in [2.24, 2.45) is 5.92 Å². The smallest absolute Gasteiger partial charge is 0.471 e. The lowest BCUT2D eigenvalue weighted by atomic mass is 10.0. The van der Waals surface area contributed by atoms with Crippen LogP contribution in [0.4, 0.5) is 13.2 Å². The van der Waals surface area contributed by atoms with Crippen LogP contribution in [0.5, 0.6) is 0 Å². The van der Waals surface area contributed by atoms with Crippen molar-refractivity contribution in [2.45, 2.75) is 38.9 Å². The minimum Gasteiger partial charge on any atom is -0.481 e. The lowest BCUT2D eigenvalue weighted by Crippen LogP contribution is -2.44. The molecule has 4 nitrogen and oxygen atoms in total. The summed E-state index contributed by atoms with van der Waals surface area (Å²) in [5.74, 6) is -3.34. The van der Waals surface area contributed by atoms with Gasteiger partial charge in [-0.25, -0.2) is 0 Å². The van der Waals surface area contributed by atoms with Gasteiger partial charge in [-0.05, 0) is 12.3 Å². The SMILES string of the molecule is CC(C)CC(CC(=O)O)NC(=O)C(F)(F)F. The first kappa shape index (κ1) is 14.7. The highest BCUT2D eigenvalue weighted by Crippen LogP contribution is 2.16. The number of carbonyl (C=O) groups is 2. The molecule has 0 aromatic heterocycles. The summed E-state index contributed by atoms with van der Waals surface area (Å²) in [6.07, 6.45) is -5.30. The molecule has 0 bridgehead atoms. The van der Waals surface area contributed by atoms with Crippen LogP contribution in [0.25, 0.3) is 0 Å². The number of carboxylic acid groups (broad SMARTS) is 1. The zero-order valence-corrected chi connectivity index (χ0v) is 8.97. The Kier molecular flexibility index (Phi) is 5.26. The van der Waals surface area contributed by atoms with Crippen molar-refractivity contribution in [3.05, 3.63) is 0 Å². The van der Waals surface area contributed by atoms with Gasteiger partial charge in [0.2, 0.25) is 0 Å². The van der Waals surface area contributed by atoms with Crippen LogP contribution in [-0.2, 0) is 9.59 Å². The number of nitrogens with one attached hydrogen (secondary N) is 1. The number of hydrogen-bond acceptors (Lipinski definition) is 2. The van der Waals surface area contributed by atoms with Crippen LogP contribution >= 0.6 is 0 Å². The highest BCUT2D eigenvalue weighted by atomic mass is 19.4. The lowest BCUT2D eigenvalue weighted by molar-refractivity contribution is -0.174. The van der Waals surface area contributed by atoms with E-state index in [0.717, 1.165) is 0 Å². The van der Waals surface area contributed by atoms with Gasteiger partial charge in [0, 0.05) is 6.04 Å². The molecule has 1 atom stereocenters. The highest BCUT2D eigenvalue weighted by molar-refractivity contribution is 5.82.